The van der Waals surface area contributed by atoms with Gasteiger partial charge in [-0.05, 0) is 43.2 Å². The number of hydrogen-bond acceptors (Lipinski definition) is 4. The fourth-order valence-corrected chi connectivity index (χ4v) is 4.33. The van der Waals surface area contributed by atoms with Crippen LogP contribution < -0.4 is 4.74 Å². The van der Waals surface area contributed by atoms with Gasteiger partial charge in [-0.2, -0.15) is 17.6 Å². The molecule has 0 aliphatic heterocycles. The Balaban J connectivity index is 1.55. The molecular weight excluding hydrogens is 348 g/mol. The Morgan fingerprint density at radius 3 is 2.81 bits per heavy atom. The van der Waals surface area contributed by atoms with Crippen LogP contribution in [0, 0.1) is 17.8 Å². The SMILES string of the molecule is O=S(=O)(c1ccccc1)n1ncc2cc(OCCC3C#CCC3)ccc21. The van der Waals surface area contributed by atoms with Gasteiger partial charge in [-0.15, -0.1) is 5.92 Å². The minimum Gasteiger partial charge on any atom is -0.494 e. The lowest BCUT2D eigenvalue weighted by Crippen LogP contribution is -2.14. The summed E-state index contributed by atoms with van der Waals surface area (Å²) in [6.07, 6.45) is 4.52. The summed E-state index contributed by atoms with van der Waals surface area (Å²) in [6, 6.07) is 13.6. The first-order chi connectivity index (χ1) is 12.6. The molecule has 3 aromatic rings. The molecule has 1 atom stereocenters. The fraction of sp³-hybridized carbons (Fsp3) is 0.250. The van der Waals surface area contributed by atoms with Gasteiger partial charge in [-0.1, -0.05) is 24.1 Å². The second-order valence-corrected chi connectivity index (χ2v) is 7.99. The molecule has 2 aromatic carbocycles. The topological polar surface area (TPSA) is 61.2 Å². The van der Waals surface area contributed by atoms with Crippen molar-refractivity contribution in [2.75, 3.05) is 6.61 Å². The number of hydrogen-bond donors (Lipinski definition) is 0. The van der Waals surface area contributed by atoms with E-state index in [4.69, 9.17) is 4.74 Å². The van der Waals surface area contributed by atoms with Gasteiger partial charge in [0.1, 0.15) is 5.75 Å². The van der Waals surface area contributed by atoms with Crippen LogP contribution in [-0.2, 0) is 10.0 Å². The first kappa shape index (κ1) is 16.7. The van der Waals surface area contributed by atoms with E-state index in [0.29, 0.717) is 23.8 Å². The molecule has 0 spiro atoms. The molecule has 5 nitrogen and oxygen atoms in total. The fourth-order valence-electron chi connectivity index (χ4n) is 3.03. The third kappa shape index (κ3) is 3.18. The summed E-state index contributed by atoms with van der Waals surface area (Å²) < 4.78 is 32.4. The highest BCUT2D eigenvalue weighted by Gasteiger charge is 2.20. The molecule has 6 heteroatoms. The van der Waals surface area contributed by atoms with Gasteiger partial charge in [0.25, 0.3) is 10.0 Å². The normalized spacial score (nSPS) is 16.4. The average Bonchev–Trinajstić information content (AvgIpc) is 3.32. The molecule has 0 fully saturated rings. The van der Waals surface area contributed by atoms with Gasteiger partial charge in [-0.3, -0.25) is 0 Å². The van der Waals surface area contributed by atoms with Crippen molar-refractivity contribution in [2.24, 2.45) is 5.92 Å². The van der Waals surface area contributed by atoms with Crippen molar-refractivity contribution < 1.29 is 13.2 Å². The molecule has 1 aromatic heterocycles. The zero-order valence-corrected chi connectivity index (χ0v) is 14.9. The maximum Gasteiger partial charge on any atom is 0.283 e. The van der Waals surface area contributed by atoms with E-state index >= 15 is 0 Å². The highest BCUT2D eigenvalue weighted by atomic mass is 32.2. The molecule has 26 heavy (non-hydrogen) atoms. The van der Waals surface area contributed by atoms with Crippen LogP contribution in [0.4, 0.5) is 0 Å². The maximum absolute atomic E-state index is 12.8. The molecule has 0 N–H and O–H groups in total. The minimum atomic E-state index is -3.71. The zero-order chi connectivity index (χ0) is 18.0. The van der Waals surface area contributed by atoms with Crippen molar-refractivity contribution >= 4 is 20.9 Å². The van der Waals surface area contributed by atoms with Gasteiger partial charge in [-0.25, -0.2) is 0 Å². The minimum absolute atomic E-state index is 0.211. The molecule has 0 radical (unpaired) electrons. The van der Waals surface area contributed by atoms with E-state index in [9.17, 15) is 8.42 Å². The zero-order valence-electron chi connectivity index (χ0n) is 14.1. The summed E-state index contributed by atoms with van der Waals surface area (Å²) in [5.74, 6) is 7.44. The van der Waals surface area contributed by atoms with Crippen molar-refractivity contribution in [1.82, 2.24) is 9.19 Å². The Bertz CT molecular complexity index is 1090. The predicted molar refractivity (Wildman–Crippen MR) is 99.4 cm³/mol. The molecule has 0 amide bonds. The van der Waals surface area contributed by atoms with E-state index in [2.05, 4.69) is 16.9 Å². The maximum atomic E-state index is 12.8. The van der Waals surface area contributed by atoms with E-state index in [1.165, 1.54) is 0 Å². The third-order valence-electron chi connectivity index (χ3n) is 4.43. The van der Waals surface area contributed by atoms with Gasteiger partial charge in [0.2, 0.25) is 0 Å². The second-order valence-electron chi connectivity index (χ2n) is 6.22. The Hall–Kier alpha value is -2.78. The largest absolute Gasteiger partial charge is 0.494 e. The molecule has 4 rings (SSSR count). The lowest BCUT2D eigenvalue weighted by Gasteiger charge is -2.09. The van der Waals surface area contributed by atoms with Gasteiger partial charge in [0.05, 0.1) is 23.2 Å². The van der Waals surface area contributed by atoms with Gasteiger partial charge < -0.3 is 4.74 Å². The lowest BCUT2D eigenvalue weighted by molar-refractivity contribution is 0.293. The number of rotatable bonds is 6. The van der Waals surface area contributed by atoms with Crippen LogP contribution in [-0.4, -0.2) is 24.2 Å². The molecule has 1 heterocycles. The van der Waals surface area contributed by atoms with E-state index in [1.807, 2.05) is 6.07 Å². The number of fused-ring (bicyclic) bond motifs is 1. The highest BCUT2D eigenvalue weighted by molar-refractivity contribution is 7.90. The van der Waals surface area contributed by atoms with E-state index in [0.717, 1.165) is 28.7 Å². The monoisotopic (exact) mass is 366 g/mol. The molecular formula is C20H18N2O3S. The summed E-state index contributed by atoms with van der Waals surface area (Å²) >= 11 is 0. The molecule has 0 saturated heterocycles. The van der Waals surface area contributed by atoms with Crippen LogP contribution in [0.1, 0.15) is 19.3 Å². The first-order valence-corrected chi connectivity index (χ1v) is 9.98. The van der Waals surface area contributed by atoms with Gasteiger partial charge >= 0.3 is 0 Å². The van der Waals surface area contributed by atoms with Crippen molar-refractivity contribution in [3.8, 4) is 17.6 Å². The standard InChI is InChI=1S/C20H18N2O3S/c23-26(24,19-8-2-1-3-9-19)22-20-11-10-18(14-17(20)15-21-22)25-13-12-16-6-4-5-7-16/h1-3,8-11,14-16H,4,6,12-13H2. The van der Waals surface area contributed by atoms with Crippen molar-refractivity contribution in [1.29, 1.82) is 0 Å². The van der Waals surface area contributed by atoms with Crippen molar-refractivity contribution in [2.45, 2.75) is 24.2 Å². The Kier molecular flexibility index (Phi) is 4.39. The third-order valence-corrected chi connectivity index (χ3v) is 6.05. The van der Waals surface area contributed by atoms with E-state index < -0.39 is 10.0 Å². The first-order valence-electron chi connectivity index (χ1n) is 8.54. The molecule has 0 bridgehead atoms. The summed E-state index contributed by atoms with van der Waals surface area (Å²) in [4.78, 5) is 0.211. The number of aromatic nitrogens is 2. The lowest BCUT2D eigenvalue weighted by atomic mass is 10.1. The molecule has 1 unspecified atom stereocenters. The van der Waals surface area contributed by atoms with Crippen molar-refractivity contribution in [3.05, 3.63) is 54.7 Å². The summed E-state index contributed by atoms with van der Waals surface area (Å²) in [6.45, 7) is 0.599. The summed E-state index contributed by atoms with van der Waals surface area (Å²) in [5, 5.41) is 4.81. The Morgan fingerprint density at radius 1 is 1.19 bits per heavy atom. The van der Waals surface area contributed by atoms with Gasteiger partial charge in [0, 0.05) is 17.7 Å². The molecule has 1 aliphatic rings. The van der Waals surface area contributed by atoms with E-state index in [-0.39, 0.29) is 4.90 Å². The summed E-state index contributed by atoms with van der Waals surface area (Å²) in [5.41, 5.74) is 0.530. The smallest absolute Gasteiger partial charge is 0.283 e. The van der Waals surface area contributed by atoms with Crippen LogP contribution in [0.15, 0.2) is 59.6 Å². The number of nitrogens with zero attached hydrogens (tertiary/aromatic N) is 2. The Morgan fingerprint density at radius 2 is 2.04 bits per heavy atom. The summed E-state index contributed by atoms with van der Waals surface area (Å²) in [7, 11) is -3.71. The quantitative estimate of drug-likeness (QED) is 0.627. The average molecular weight is 366 g/mol. The molecule has 0 saturated carbocycles. The predicted octanol–water partition coefficient (Wildman–Crippen LogP) is 3.46. The highest BCUT2D eigenvalue weighted by Crippen LogP contribution is 2.24. The van der Waals surface area contributed by atoms with Crippen LogP contribution in [0.5, 0.6) is 5.75 Å². The van der Waals surface area contributed by atoms with Crippen LogP contribution in [0.3, 0.4) is 0 Å². The molecule has 132 valence electrons. The molecule has 1 aliphatic carbocycles. The van der Waals surface area contributed by atoms with Crippen molar-refractivity contribution in [3.63, 3.8) is 0 Å². The number of benzene rings is 2. The van der Waals surface area contributed by atoms with Crippen LogP contribution in [0.25, 0.3) is 10.9 Å². The Labute approximate surface area is 152 Å². The second kappa shape index (κ2) is 6.85. The number of ether oxygens (including phenoxy) is 1. The van der Waals surface area contributed by atoms with E-state index in [1.54, 1.807) is 48.7 Å². The van der Waals surface area contributed by atoms with Gasteiger partial charge in [0.15, 0.2) is 0 Å². The van der Waals surface area contributed by atoms with Crippen LogP contribution in [0.2, 0.25) is 0 Å². The van der Waals surface area contributed by atoms with Crippen LogP contribution >= 0.6 is 0 Å².